The molecule has 3 rings (SSSR count). The van der Waals surface area contributed by atoms with Crippen molar-refractivity contribution in [3.8, 4) is 11.5 Å². The lowest BCUT2D eigenvalue weighted by Gasteiger charge is -2.45. The molecule has 0 aliphatic carbocycles. The molecular weight excluding hydrogens is 330 g/mol. The fraction of sp³-hybridized carbons (Fsp3) is 0.294. The van der Waals surface area contributed by atoms with Crippen molar-refractivity contribution in [1.82, 2.24) is 0 Å². The number of β-lactam (4-membered cyclic amide) rings is 1. The number of carbonyl (C=O) groups is 2. The molecule has 1 aromatic carbocycles. The highest BCUT2D eigenvalue weighted by atomic mass is 32.1. The number of hydrogen-bond donors (Lipinski definition) is 0. The summed E-state index contributed by atoms with van der Waals surface area (Å²) in [5.74, 6) is 0.389. The van der Waals surface area contributed by atoms with Crippen LogP contribution in [0.4, 0.5) is 5.69 Å². The maximum Gasteiger partial charge on any atom is 0.303 e. The van der Waals surface area contributed by atoms with Crippen LogP contribution in [-0.4, -0.2) is 32.2 Å². The summed E-state index contributed by atoms with van der Waals surface area (Å²) in [6.07, 6.45) is -0.797. The summed E-state index contributed by atoms with van der Waals surface area (Å²) >= 11 is 1.51. The standard InChI is InChI=1S/C17H17NO5S/c1-10(19)23-16-15(14-5-4-8-24-14)18(17(16)20)11-6-7-12(21-2)13(9-11)22-3/h4-9,15-16H,1-3H3/t15-,16+/m0/s1. The van der Waals surface area contributed by atoms with Gasteiger partial charge in [-0.15, -0.1) is 11.3 Å². The van der Waals surface area contributed by atoms with E-state index in [1.165, 1.54) is 25.4 Å². The van der Waals surface area contributed by atoms with Crippen LogP contribution >= 0.6 is 11.3 Å². The zero-order valence-corrected chi connectivity index (χ0v) is 14.3. The quantitative estimate of drug-likeness (QED) is 0.615. The van der Waals surface area contributed by atoms with Crippen molar-refractivity contribution >= 4 is 28.9 Å². The minimum Gasteiger partial charge on any atom is -0.493 e. The minimum atomic E-state index is -0.797. The van der Waals surface area contributed by atoms with Crippen LogP contribution in [0.1, 0.15) is 17.8 Å². The smallest absolute Gasteiger partial charge is 0.303 e. The van der Waals surface area contributed by atoms with Crippen LogP contribution in [0.3, 0.4) is 0 Å². The molecule has 0 bridgehead atoms. The number of thiophene rings is 1. The van der Waals surface area contributed by atoms with Gasteiger partial charge in [0.05, 0.1) is 14.2 Å². The van der Waals surface area contributed by atoms with Gasteiger partial charge in [-0.3, -0.25) is 14.5 Å². The summed E-state index contributed by atoms with van der Waals surface area (Å²) in [6, 6.07) is 8.75. The molecule has 24 heavy (non-hydrogen) atoms. The largest absolute Gasteiger partial charge is 0.493 e. The SMILES string of the molecule is COc1ccc(N2C(=O)[C@H](OC(C)=O)[C@@H]2c2cccs2)cc1OC. The van der Waals surface area contributed by atoms with Crippen LogP contribution in [-0.2, 0) is 14.3 Å². The topological polar surface area (TPSA) is 65.1 Å². The molecular formula is C17H17NO5S. The number of carbonyl (C=O) groups excluding carboxylic acids is 2. The number of ether oxygens (including phenoxy) is 3. The molecule has 0 radical (unpaired) electrons. The first-order valence-corrected chi connectivity index (χ1v) is 8.20. The first-order chi connectivity index (χ1) is 11.6. The number of esters is 1. The van der Waals surface area contributed by atoms with Crippen LogP contribution < -0.4 is 14.4 Å². The number of rotatable bonds is 5. The summed E-state index contributed by atoms with van der Waals surface area (Å²) in [5, 5.41) is 1.93. The van der Waals surface area contributed by atoms with Gasteiger partial charge in [0.2, 0.25) is 6.10 Å². The molecule has 1 aromatic heterocycles. The van der Waals surface area contributed by atoms with Crippen LogP contribution in [0.15, 0.2) is 35.7 Å². The van der Waals surface area contributed by atoms with E-state index >= 15 is 0 Å². The molecule has 1 aliphatic heterocycles. The van der Waals surface area contributed by atoms with Crippen molar-refractivity contribution in [2.75, 3.05) is 19.1 Å². The molecule has 2 heterocycles. The third kappa shape index (κ3) is 2.71. The third-order valence-corrected chi connectivity index (χ3v) is 4.76. The highest BCUT2D eigenvalue weighted by molar-refractivity contribution is 7.10. The maximum absolute atomic E-state index is 12.5. The van der Waals surface area contributed by atoms with Gasteiger partial charge >= 0.3 is 5.97 Å². The van der Waals surface area contributed by atoms with Crippen molar-refractivity contribution < 1.29 is 23.8 Å². The Morgan fingerprint density at radius 2 is 1.92 bits per heavy atom. The second-order valence-electron chi connectivity index (χ2n) is 5.24. The normalized spacial score (nSPS) is 19.6. The monoisotopic (exact) mass is 347 g/mol. The van der Waals surface area contributed by atoms with E-state index in [9.17, 15) is 9.59 Å². The molecule has 0 unspecified atom stereocenters. The van der Waals surface area contributed by atoms with Crippen LogP contribution in [0.2, 0.25) is 0 Å². The molecule has 2 atom stereocenters. The van der Waals surface area contributed by atoms with Crippen molar-refractivity contribution in [2.45, 2.75) is 19.1 Å². The van der Waals surface area contributed by atoms with E-state index in [2.05, 4.69) is 0 Å². The molecule has 1 aliphatic rings. The molecule has 7 heteroatoms. The van der Waals surface area contributed by atoms with Crippen LogP contribution in [0, 0.1) is 0 Å². The summed E-state index contributed by atoms with van der Waals surface area (Å²) in [5.41, 5.74) is 0.666. The van der Waals surface area contributed by atoms with E-state index in [-0.39, 0.29) is 11.9 Å². The second kappa shape index (κ2) is 6.52. The summed E-state index contributed by atoms with van der Waals surface area (Å²) < 4.78 is 15.7. The molecule has 1 fully saturated rings. The van der Waals surface area contributed by atoms with Gasteiger partial charge in [0.25, 0.3) is 5.91 Å². The second-order valence-corrected chi connectivity index (χ2v) is 6.22. The number of amides is 1. The fourth-order valence-corrected chi connectivity index (χ4v) is 3.59. The molecule has 0 N–H and O–H groups in total. The Morgan fingerprint density at radius 3 is 2.50 bits per heavy atom. The van der Waals surface area contributed by atoms with E-state index in [0.717, 1.165) is 4.88 Å². The van der Waals surface area contributed by atoms with Crippen molar-refractivity contribution in [1.29, 1.82) is 0 Å². The zero-order valence-electron chi connectivity index (χ0n) is 13.5. The molecule has 6 nitrogen and oxygen atoms in total. The van der Waals surface area contributed by atoms with E-state index in [4.69, 9.17) is 14.2 Å². The molecule has 126 valence electrons. The van der Waals surface area contributed by atoms with Gasteiger partial charge in [-0.2, -0.15) is 0 Å². The van der Waals surface area contributed by atoms with Crippen molar-refractivity contribution in [3.63, 3.8) is 0 Å². The predicted octanol–water partition coefficient (Wildman–Crippen LogP) is 2.78. The fourth-order valence-electron chi connectivity index (χ4n) is 2.75. The molecule has 1 saturated heterocycles. The third-order valence-electron chi connectivity index (χ3n) is 3.82. The zero-order chi connectivity index (χ0) is 17.3. The summed E-state index contributed by atoms with van der Waals surface area (Å²) in [4.78, 5) is 26.4. The lowest BCUT2D eigenvalue weighted by atomic mass is 9.95. The first-order valence-electron chi connectivity index (χ1n) is 7.32. The summed E-state index contributed by atoms with van der Waals surface area (Å²) in [6.45, 7) is 1.30. The Labute approximate surface area is 143 Å². The average Bonchev–Trinajstić information content (AvgIpc) is 3.10. The highest BCUT2D eigenvalue weighted by Crippen LogP contribution is 2.44. The Morgan fingerprint density at radius 1 is 1.17 bits per heavy atom. The van der Waals surface area contributed by atoms with E-state index in [0.29, 0.717) is 17.2 Å². The predicted molar refractivity (Wildman–Crippen MR) is 89.6 cm³/mol. The first kappa shape index (κ1) is 16.3. The van der Waals surface area contributed by atoms with Gasteiger partial charge < -0.3 is 14.2 Å². The van der Waals surface area contributed by atoms with Gasteiger partial charge in [-0.25, -0.2) is 0 Å². The Bertz CT molecular complexity index is 758. The van der Waals surface area contributed by atoms with Gasteiger partial charge in [-0.1, -0.05) is 6.07 Å². The highest BCUT2D eigenvalue weighted by Gasteiger charge is 2.52. The molecule has 0 saturated carbocycles. The Kier molecular flexibility index (Phi) is 4.44. The number of nitrogens with zero attached hydrogens (tertiary/aromatic N) is 1. The van der Waals surface area contributed by atoms with Gasteiger partial charge in [-0.05, 0) is 23.6 Å². The van der Waals surface area contributed by atoms with Crippen LogP contribution in [0.5, 0.6) is 11.5 Å². The molecule has 0 spiro atoms. The Hall–Kier alpha value is -2.54. The number of benzene rings is 1. The average molecular weight is 347 g/mol. The van der Waals surface area contributed by atoms with Gasteiger partial charge in [0, 0.05) is 23.6 Å². The van der Waals surface area contributed by atoms with E-state index < -0.39 is 12.1 Å². The van der Waals surface area contributed by atoms with E-state index in [1.54, 1.807) is 30.2 Å². The number of hydrogen-bond acceptors (Lipinski definition) is 6. The maximum atomic E-state index is 12.5. The number of anilines is 1. The van der Waals surface area contributed by atoms with Crippen molar-refractivity contribution in [3.05, 3.63) is 40.6 Å². The Balaban J connectivity index is 1.97. The van der Waals surface area contributed by atoms with Crippen molar-refractivity contribution in [2.24, 2.45) is 0 Å². The minimum absolute atomic E-state index is 0.254. The molecule has 2 aromatic rings. The molecule has 1 amide bonds. The lowest BCUT2D eigenvalue weighted by Crippen LogP contribution is -2.60. The van der Waals surface area contributed by atoms with Gasteiger partial charge in [0.1, 0.15) is 6.04 Å². The van der Waals surface area contributed by atoms with Crippen LogP contribution in [0.25, 0.3) is 0 Å². The van der Waals surface area contributed by atoms with E-state index in [1.807, 2.05) is 17.5 Å². The lowest BCUT2D eigenvalue weighted by molar-refractivity contribution is -0.160. The van der Waals surface area contributed by atoms with Gasteiger partial charge in [0.15, 0.2) is 11.5 Å². The number of methoxy groups -OCH3 is 2. The summed E-state index contributed by atoms with van der Waals surface area (Å²) in [7, 11) is 3.09.